The first-order valence-electron chi connectivity index (χ1n) is 7.60. The van der Waals surface area contributed by atoms with Crippen molar-refractivity contribution in [3.63, 3.8) is 0 Å². The van der Waals surface area contributed by atoms with E-state index >= 15 is 0 Å². The Kier molecular flexibility index (Phi) is 4.59. The lowest BCUT2D eigenvalue weighted by atomic mass is 10.0. The highest BCUT2D eigenvalue weighted by Gasteiger charge is 2.37. The normalized spacial score (nSPS) is 22.3. The lowest BCUT2D eigenvalue weighted by molar-refractivity contribution is -0.136. The van der Waals surface area contributed by atoms with E-state index < -0.39 is 0 Å². The summed E-state index contributed by atoms with van der Waals surface area (Å²) in [6.07, 6.45) is 3.57. The highest BCUT2D eigenvalue weighted by atomic mass is 35.5. The van der Waals surface area contributed by atoms with Crippen molar-refractivity contribution in [2.45, 2.75) is 25.7 Å². The first kappa shape index (κ1) is 15.6. The fourth-order valence-electron chi connectivity index (χ4n) is 3.15. The summed E-state index contributed by atoms with van der Waals surface area (Å²) in [5.41, 5.74) is 0.702. The van der Waals surface area contributed by atoms with Gasteiger partial charge in [-0.2, -0.15) is 0 Å². The van der Waals surface area contributed by atoms with E-state index in [4.69, 9.17) is 23.2 Å². The third kappa shape index (κ3) is 3.08. The number of nitrogens with zero attached hydrogens (tertiary/aromatic N) is 2. The molecule has 2 heterocycles. The standard InChI is InChI=1S/C16H18Cl2N2O2/c17-13-5-4-12(9-14(13)18)20-10-11(8-15(20)21)16(22)19-6-2-1-3-7-19/h4-5,9,11H,1-3,6-8,10H2. The summed E-state index contributed by atoms with van der Waals surface area (Å²) in [4.78, 5) is 28.3. The van der Waals surface area contributed by atoms with Crippen molar-refractivity contribution < 1.29 is 9.59 Å². The SMILES string of the molecule is O=C(C1CC(=O)N(c2ccc(Cl)c(Cl)c2)C1)N1CCCCC1. The third-order valence-electron chi connectivity index (χ3n) is 4.36. The number of rotatable bonds is 2. The fourth-order valence-corrected chi connectivity index (χ4v) is 3.44. The number of hydrogen-bond acceptors (Lipinski definition) is 2. The number of benzene rings is 1. The molecule has 1 aromatic rings. The quantitative estimate of drug-likeness (QED) is 0.828. The van der Waals surface area contributed by atoms with E-state index in [1.807, 2.05) is 4.90 Å². The van der Waals surface area contributed by atoms with Crippen LogP contribution in [0.4, 0.5) is 5.69 Å². The van der Waals surface area contributed by atoms with Crippen LogP contribution in [0.3, 0.4) is 0 Å². The zero-order valence-corrected chi connectivity index (χ0v) is 13.7. The molecule has 2 fully saturated rings. The van der Waals surface area contributed by atoms with Gasteiger partial charge in [0.15, 0.2) is 0 Å². The Bertz CT molecular complexity index is 600. The molecule has 4 nitrogen and oxygen atoms in total. The molecule has 2 aliphatic rings. The zero-order valence-electron chi connectivity index (χ0n) is 12.2. The van der Waals surface area contributed by atoms with Gasteiger partial charge in [0, 0.05) is 31.7 Å². The highest BCUT2D eigenvalue weighted by Crippen LogP contribution is 2.31. The number of hydrogen-bond donors (Lipinski definition) is 0. The predicted octanol–water partition coefficient (Wildman–Crippen LogP) is 3.36. The molecule has 0 aromatic heterocycles. The second-order valence-corrected chi connectivity index (χ2v) is 6.70. The van der Waals surface area contributed by atoms with Gasteiger partial charge in [0.2, 0.25) is 11.8 Å². The molecular weight excluding hydrogens is 323 g/mol. The molecule has 2 aliphatic heterocycles. The van der Waals surface area contributed by atoms with Crippen LogP contribution in [0, 0.1) is 5.92 Å². The van der Waals surface area contributed by atoms with E-state index in [-0.39, 0.29) is 24.2 Å². The van der Waals surface area contributed by atoms with Crippen LogP contribution in [0.2, 0.25) is 10.0 Å². The number of halogens is 2. The molecular formula is C16H18Cl2N2O2. The number of carbonyl (C=O) groups is 2. The summed E-state index contributed by atoms with van der Waals surface area (Å²) in [6.45, 7) is 2.05. The van der Waals surface area contributed by atoms with Gasteiger partial charge in [-0.3, -0.25) is 9.59 Å². The summed E-state index contributed by atoms with van der Waals surface area (Å²) in [6, 6.07) is 5.11. The van der Waals surface area contributed by atoms with E-state index in [2.05, 4.69) is 0 Å². The third-order valence-corrected chi connectivity index (χ3v) is 5.10. The molecule has 0 N–H and O–H groups in total. The van der Waals surface area contributed by atoms with E-state index in [1.54, 1.807) is 23.1 Å². The minimum absolute atomic E-state index is 0.0336. The van der Waals surface area contributed by atoms with E-state index in [0.717, 1.165) is 25.9 Å². The maximum absolute atomic E-state index is 12.5. The van der Waals surface area contributed by atoms with Crippen LogP contribution in [0.25, 0.3) is 0 Å². The van der Waals surface area contributed by atoms with Crippen molar-refractivity contribution in [3.8, 4) is 0 Å². The largest absolute Gasteiger partial charge is 0.342 e. The van der Waals surface area contributed by atoms with Crippen molar-refractivity contribution in [3.05, 3.63) is 28.2 Å². The van der Waals surface area contributed by atoms with Gasteiger partial charge >= 0.3 is 0 Å². The molecule has 6 heteroatoms. The van der Waals surface area contributed by atoms with Gasteiger partial charge < -0.3 is 9.80 Å². The van der Waals surface area contributed by atoms with E-state index in [1.165, 1.54) is 6.42 Å². The Morgan fingerprint density at radius 3 is 2.50 bits per heavy atom. The molecule has 2 amide bonds. The molecule has 0 aliphatic carbocycles. The van der Waals surface area contributed by atoms with E-state index in [0.29, 0.717) is 22.3 Å². The monoisotopic (exact) mass is 340 g/mol. The molecule has 0 radical (unpaired) electrons. The fraction of sp³-hybridized carbons (Fsp3) is 0.500. The summed E-state index contributed by atoms with van der Waals surface area (Å²) in [5.74, 6) is -0.176. The van der Waals surface area contributed by atoms with Gasteiger partial charge in [0.25, 0.3) is 0 Å². The smallest absolute Gasteiger partial charge is 0.228 e. The van der Waals surface area contributed by atoms with Crippen LogP contribution in [-0.2, 0) is 9.59 Å². The van der Waals surface area contributed by atoms with Crippen molar-refractivity contribution >= 4 is 40.7 Å². The van der Waals surface area contributed by atoms with Gasteiger partial charge in [0.05, 0.1) is 16.0 Å². The molecule has 1 atom stereocenters. The molecule has 0 spiro atoms. The number of likely N-dealkylation sites (tertiary alicyclic amines) is 1. The van der Waals surface area contributed by atoms with Gasteiger partial charge in [-0.05, 0) is 37.5 Å². The van der Waals surface area contributed by atoms with Gasteiger partial charge in [-0.25, -0.2) is 0 Å². The lowest BCUT2D eigenvalue weighted by Gasteiger charge is -2.29. The highest BCUT2D eigenvalue weighted by molar-refractivity contribution is 6.42. The maximum Gasteiger partial charge on any atom is 0.228 e. The second kappa shape index (κ2) is 6.47. The molecule has 0 saturated carbocycles. The average Bonchev–Trinajstić information content (AvgIpc) is 2.92. The van der Waals surface area contributed by atoms with Crippen LogP contribution >= 0.6 is 23.2 Å². The van der Waals surface area contributed by atoms with Crippen molar-refractivity contribution in [2.24, 2.45) is 5.92 Å². The molecule has 22 heavy (non-hydrogen) atoms. The predicted molar refractivity (Wildman–Crippen MR) is 87.4 cm³/mol. The Morgan fingerprint density at radius 2 is 1.82 bits per heavy atom. The average molecular weight is 341 g/mol. The maximum atomic E-state index is 12.5. The van der Waals surface area contributed by atoms with Crippen LogP contribution in [0.5, 0.6) is 0 Å². The van der Waals surface area contributed by atoms with Crippen LogP contribution < -0.4 is 4.90 Å². The van der Waals surface area contributed by atoms with Crippen LogP contribution in [-0.4, -0.2) is 36.3 Å². The minimum Gasteiger partial charge on any atom is -0.342 e. The van der Waals surface area contributed by atoms with Gasteiger partial charge in [-0.1, -0.05) is 23.2 Å². The molecule has 0 bridgehead atoms. The topological polar surface area (TPSA) is 40.6 Å². The van der Waals surface area contributed by atoms with Crippen molar-refractivity contribution in [2.75, 3.05) is 24.5 Å². The molecule has 2 saturated heterocycles. The molecule has 3 rings (SSSR count). The Morgan fingerprint density at radius 1 is 1.09 bits per heavy atom. The lowest BCUT2D eigenvalue weighted by Crippen LogP contribution is -2.40. The number of anilines is 1. The first-order chi connectivity index (χ1) is 10.6. The summed E-state index contributed by atoms with van der Waals surface area (Å²) >= 11 is 11.9. The first-order valence-corrected chi connectivity index (χ1v) is 8.36. The van der Waals surface area contributed by atoms with Gasteiger partial charge in [-0.15, -0.1) is 0 Å². The summed E-state index contributed by atoms with van der Waals surface area (Å²) in [7, 11) is 0. The zero-order chi connectivity index (χ0) is 15.7. The Hall–Kier alpha value is -1.26. The van der Waals surface area contributed by atoms with Crippen LogP contribution in [0.1, 0.15) is 25.7 Å². The van der Waals surface area contributed by atoms with Gasteiger partial charge in [0.1, 0.15) is 0 Å². The number of amides is 2. The minimum atomic E-state index is -0.250. The molecule has 118 valence electrons. The second-order valence-electron chi connectivity index (χ2n) is 5.89. The van der Waals surface area contributed by atoms with E-state index in [9.17, 15) is 9.59 Å². The Labute approximate surface area is 140 Å². The number of carbonyl (C=O) groups excluding carboxylic acids is 2. The summed E-state index contributed by atoms with van der Waals surface area (Å²) < 4.78 is 0. The van der Waals surface area contributed by atoms with Crippen molar-refractivity contribution in [1.29, 1.82) is 0 Å². The van der Waals surface area contributed by atoms with Crippen molar-refractivity contribution in [1.82, 2.24) is 4.90 Å². The Balaban J connectivity index is 1.72. The molecule has 1 unspecified atom stereocenters. The number of piperidine rings is 1. The van der Waals surface area contributed by atoms with Crippen LogP contribution in [0.15, 0.2) is 18.2 Å². The summed E-state index contributed by atoms with van der Waals surface area (Å²) in [5, 5.41) is 0.871. The molecule has 1 aromatic carbocycles.